The number of thioether (sulfide) groups is 1. The van der Waals surface area contributed by atoms with E-state index in [0.717, 1.165) is 45.9 Å². The fourth-order valence-corrected chi connectivity index (χ4v) is 2.91. The van der Waals surface area contributed by atoms with Gasteiger partial charge >= 0.3 is 0 Å². The number of fused-ring (bicyclic) bond motifs is 1. The van der Waals surface area contributed by atoms with E-state index in [1.165, 1.54) is 0 Å². The monoisotopic (exact) mass is 371 g/mol. The SMILES string of the molecule is CCCc1nnc2n1N=C(c1ccc(Cl)cc1)CS2.[Br-]. The summed E-state index contributed by atoms with van der Waals surface area (Å²) >= 11 is 7.58. The second-order valence-corrected chi connectivity index (χ2v) is 5.68. The lowest BCUT2D eigenvalue weighted by Crippen LogP contribution is -3.00. The van der Waals surface area contributed by atoms with E-state index in [-0.39, 0.29) is 17.0 Å². The van der Waals surface area contributed by atoms with Gasteiger partial charge in [-0.25, -0.2) is 0 Å². The first kappa shape index (κ1) is 15.5. The van der Waals surface area contributed by atoms with Crippen molar-refractivity contribution in [1.29, 1.82) is 0 Å². The molecule has 0 spiro atoms. The molecule has 2 heterocycles. The first-order chi connectivity index (χ1) is 9.28. The number of rotatable bonds is 3. The Hall–Kier alpha value is -0.850. The molecular weight excluding hydrogens is 360 g/mol. The van der Waals surface area contributed by atoms with Gasteiger partial charge in [0.05, 0.1) is 5.71 Å². The van der Waals surface area contributed by atoms with Crippen LogP contribution >= 0.6 is 23.4 Å². The molecule has 1 aromatic carbocycles. The lowest BCUT2D eigenvalue weighted by Gasteiger charge is -2.13. The number of halogens is 2. The molecule has 0 bridgehead atoms. The normalized spacial score (nSPS) is 13.4. The molecular formula is C13H13BrClN4S-. The molecule has 7 heteroatoms. The van der Waals surface area contributed by atoms with Gasteiger partial charge in [0, 0.05) is 17.2 Å². The van der Waals surface area contributed by atoms with Crippen molar-refractivity contribution in [3.8, 4) is 0 Å². The van der Waals surface area contributed by atoms with Crippen LogP contribution in [-0.2, 0) is 6.42 Å². The second kappa shape index (κ2) is 6.74. The third kappa shape index (κ3) is 3.07. The Morgan fingerprint density at radius 3 is 2.70 bits per heavy atom. The van der Waals surface area contributed by atoms with Crippen LogP contribution in [0.3, 0.4) is 0 Å². The molecule has 20 heavy (non-hydrogen) atoms. The van der Waals surface area contributed by atoms with Crippen LogP contribution in [0, 0.1) is 0 Å². The molecule has 4 nitrogen and oxygen atoms in total. The lowest BCUT2D eigenvalue weighted by molar-refractivity contribution is -0.00000391. The van der Waals surface area contributed by atoms with Crippen molar-refractivity contribution in [2.75, 3.05) is 5.75 Å². The highest BCUT2D eigenvalue weighted by Gasteiger charge is 2.19. The van der Waals surface area contributed by atoms with Gasteiger partial charge in [-0.2, -0.15) is 9.78 Å². The minimum Gasteiger partial charge on any atom is -1.00 e. The van der Waals surface area contributed by atoms with Gasteiger partial charge in [-0.3, -0.25) is 0 Å². The van der Waals surface area contributed by atoms with Gasteiger partial charge in [-0.1, -0.05) is 42.4 Å². The quantitative estimate of drug-likeness (QED) is 0.775. The molecule has 0 atom stereocenters. The van der Waals surface area contributed by atoms with E-state index < -0.39 is 0 Å². The number of aryl methyl sites for hydroxylation is 1. The van der Waals surface area contributed by atoms with Crippen LogP contribution < -0.4 is 17.0 Å². The number of benzene rings is 1. The average molecular weight is 373 g/mol. The van der Waals surface area contributed by atoms with Crippen molar-refractivity contribution >= 4 is 29.1 Å². The van der Waals surface area contributed by atoms with Crippen molar-refractivity contribution in [3.05, 3.63) is 40.7 Å². The molecule has 106 valence electrons. The van der Waals surface area contributed by atoms with E-state index in [2.05, 4.69) is 22.2 Å². The Balaban J connectivity index is 0.00000147. The molecule has 0 aliphatic carbocycles. The van der Waals surface area contributed by atoms with Crippen LogP contribution in [0.25, 0.3) is 0 Å². The Bertz CT molecular complexity index is 624. The predicted molar refractivity (Wildman–Crippen MR) is 78.1 cm³/mol. The van der Waals surface area contributed by atoms with E-state index >= 15 is 0 Å². The minimum atomic E-state index is 0. The Labute approximate surface area is 137 Å². The van der Waals surface area contributed by atoms with Crippen LogP contribution in [0.4, 0.5) is 0 Å². The molecule has 0 amide bonds. The van der Waals surface area contributed by atoms with Crippen LogP contribution in [0.5, 0.6) is 0 Å². The zero-order valence-electron chi connectivity index (χ0n) is 10.9. The third-order valence-electron chi connectivity index (χ3n) is 2.89. The van der Waals surface area contributed by atoms with Gasteiger partial charge < -0.3 is 17.0 Å². The summed E-state index contributed by atoms with van der Waals surface area (Å²) in [7, 11) is 0. The summed E-state index contributed by atoms with van der Waals surface area (Å²) in [5, 5.41) is 14.6. The van der Waals surface area contributed by atoms with Gasteiger partial charge in [0.25, 0.3) is 0 Å². The van der Waals surface area contributed by atoms with Crippen molar-refractivity contribution < 1.29 is 17.0 Å². The molecule has 0 radical (unpaired) electrons. The van der Waals surface area contributed by atoms with Gasteiger partial charge in [0.15, 0.2) is 5.82 Å². The molecule has 1 aliphatic rings. The van der Waals surface area contributed by atoms with Crippen LogP contribution in [0.2, 0.25) is 5.02 Å². The predicted octanol–water partition coefficient (Wildman–Crippen LogP) is 0.246. The minimum absolute atomic E-state index is 0. The Morgan fingerprint density at radius 2 is 2.00 bits per heavy atom. The number of aromatic nitrogens is 3. The Kier molecular flexibility index (Phi) is 5.23. The third-order valence-corrected chi connectivity index (χ3v) is 4.07. The standard InChI is InChI=1S/C13H13ClN4S.BrH/c1-2-3-12-15-16-13-18(12)17-11(8-19-13)9-4-6-10(14)7-5-9;/h4-7H,2-3,8H2,1H3;1H/p-1. The first-order valence-electron chi connectivity index (χ1n) is 6.19. The average Bonchev–Trinajstić information content (AvgIpc) is 2.83. The van der Waals surface area contributed by atoms with Crippen LogP contribution in [0.15, 0.2) is 34.5 Å². The maximum absolute atomic E-state index is 5.91. The highest BCUT2D eigenvalue weighted by molar-refractivity contribution is 7.99. The maximum Gasteiger partial charge on any atom is 0.212 e. The smallest absolute Gasteiger partial charge is 0.212 e. The molecule has 1 aromatic heterocycles. The van der Waals surface area contributed by atoms with Crippen LogP contribution in [-0.4, -0.2) is 26.3 Å². The van der Waals surface area contributed by atoms with E-state index in [1.807, 2.05) is 28.9 Å². The van der Waals surface area contributed by atoms with E-state index in [1.54, 1.807) is 11.8 Å². The highest BCUT2D eigenvalue weighted by Crippen LogP contribution is 2.24. The van der Waals surface area contributed by atoms with Gasteiger partial charge in [-0.15, -0.1) is 10.2 Å². The summed E-state index contributed by atoms with van der Waals surface area (Å²) < 4.78 is 1.86. The van der Waals surface area contributed by atoms with Crippen molar-refractivity contribution in [2.45, 2.75) is 24.9 Å². The molecule has 2 aromatic rings. The number of hydrogen-bond donors (Lipinski definition) is 0. The first-order valence-corrected chi connectivity index (χ1v) is 7.55. The summed E-state index contributed by atoms with van der Waals surface area (Å²) in [6.07, 6.45) is 1.93. The molecule has 3 rings (SSSR count). The van der Waals surface area contributed by atoms with E-state index in [0.29, 0.717) is 0 Å². The van der Waals surface area contributed by atoms with Crippen molar-refractivity contribution in [1.82, 2.24) is 14.9 Å². The van der Waals surface area contributed by atoms with Crippen molar-refractivity contribution in [3.63, 3.8) is 0 Å². The number of nitrogens with zero attached hydrogens (tertiary/aromatic N) is 4. The summed E-state index contributed by atoms with van der Waals surface area (Å²) in [5.74, 6) is 1.74. The summed E-state index contributed by atoms with van der Waals surface area (Å²) in [4.78, 5) is 0. The molecule has 0 unspecified atom stereocenters. The number of hydrogen-bond acceptors (Lipinski definition) is 4. The van der Waals surface area contributed by atoms with E-state index in [9.17, 15) is 0 Å². The zero-order chi connectivity index (χ0) is 13.2. The van der Waals surface area contributed by atoms with E-state index in [4.69, 9.17) is 11.6 Å². The Morgan fingerprint density at radius 1 is 1.25 bits per heavy atom. The highest BCUT2D eigenvalue weighted by atomic mass is 79.9. The van der Waals surface area contributed by atoms with Gasteiger partial charge in [0.2, 0.25) is 5.16 Å². The zero-order valence-corrected chi connectivity index (χ0v) is 14.0. The molecule has 0 fully saturated rings. The lowest BCUT2D eigenvalue weighted by atomic mass is 10.1. The largest absolute Gasteiger partial charge is 1.00 e. The maximum atomic E-state index is 5.91. The van der Waals surface area contributed by atoms with Gasteiger partial charge in [0.1, 0.15) is 0 Å². The topological polar surface area (TPSA) is 43.1 Å². The summed E-state index contributed by atoms with van der Waals surface area (Å²) in [6, 6.07) is 7.77. The molecule has 0 saturated carbocycles. The van der Waals surface area contributed by atoms with Crippen molar-refractivity contribution in [2.24, 2.45) is 5.10 Å². The molecule has 0 N–H and O–H groups in total. The summed E-state index contributed by atoms with van der Waals surface area (Å²) in [5.41, 5.74) is 2.13. The fraction of sp³-hybridized carbons (Fsp3) is 0.308. The fourth-order valence-electron chi connectivity index (χ4n) is 1.93. The molecule has 1 aliphatic heterocycles. The second-order valence-electron chi connectivity index (χ2n) is 4.30. The molecule has 0 saturated heterocycles. The summed E-state index contributed by atoms with van der Waals surface area (Å²) in [6.45, 7) is 2.13. The van der Waals surface area contributed by atoms with Gasteiger partial charge in [-0.05, 0) is 24.1 Å². The van der Waals surface area contributed by atoms with Crippen LogP contribution in [0.1, 0.15) is 24.7 Å².